The molecule has 0 unspecified atom stereocenters. The van der Waals surface area contributed by atoms with E-state index in [0.717, 1.165) is 0 Å². The lowest BCUT2D eigenvalue weighted by Crippen LogP contribution is -2.10. The highest BCUT2D eigenvalue weighted by Gasteiger charge is 2.23. The number of furan rings is 1. The van der Waals surface area contributed by atoms with Crippen LogP contribution < -0.4 is 10.5 Å². The van der Waals surface area contributed by atoms with E-state index in [9.17, 15) is 14.9 Å². The molecule has 1 aromatic carbocycles. The number of carbonyl (C=O) groups is 1. The van der Waals surface area contributed by atoms with Gasteiger partial charge in [0.2, 0.25) is 5.91 Å². The first-order valence-electron chi connectivity index (χ1n) is 6.58. The van der Waals surface area contributed by atoms with Gasteiger partial charge in [-0.3, -0.25) is 4.79 Å². The normalized spacial score (nSPS) is 10.6. The van der Waals surface area contributed by atoms with Crippen molar-refractivity contribution < 1.29 is 18.9 Å². The Balaban J connectivity index is 1.88. The number of nitro groups is 1. The second kappa shape index (κ2) is 5.76. The van der Waals surface area contributed by atoms with Gasteiger partial charge in [0.15, 0.2) is 11.8 Å². The standard InChI is InChI=1S/C15H11N3O5/c16-14(19)10-3-1-9(2-4-10)8-23-13-12-11(5-6-22-12)7-17-15(13)18(20)21/h1-7H,8H2,(H2,16,19). The fraction of sp³-hybridized carbons (Fsp3) is 0.0667. The lowest BCUT2D eigenvalue weighted by molar-refractivity contribution is -0.390. The molecule has 8 nitrogen and oxygen atoms in total. The number of hydrogen-bond donors (Lipinski definition) is 1. The van der Waals surface area contributed by atoms with Gasteiger partial charge >= 0.3 is 5.82 Å². The summed E-state index contributed by atoms with van der Waals surface area (Å²) in [6.07, 6.45) is 2.76. The highest BCUT2D eigenvalue weighted by molar-refractivity contribution is 5.92. The van der Waals surface area contributed by atoms with E-state index >= 15 is 0 Å². The van der Waals surface area contributed by atoms with Crippen LogP contribution in [0, 0.1) is 10.1 Å². The molecule has 0 aliphatic heterocycles. The molecule has 23 heavy (non-hydrogen) atoms. The van der Waals surface area contributed by atoms with Crippen LogP contribution in [0.15, 0.2) is 47.2 Å². The Morgan fingerprint density at radius 1 is 1.30 bits per heavy atom. The summed E-state index contributed by atoms with van der Waals surface area (Å²) in [4.78, 5) is 25.3. The van der Waals surface area contributed by atoms with E-state index in [-0.39, 0.29) is 17.9 Å². The number of aromatic nitrogens is 1. The van der Waals surface area contributed by atoms with Crippen molar-refractivity contribution in [2.75, 3.05) is 0 Å². The van der Waals surface area contributed by atoms with Crippen molar-refractivity contribution in [1.29, 1.82) is 0 Å². The summed E-state index contributed by atoms with van der Waals surface area (Å²) in [6.45, 7) is 0.0569. The van der Waals surface area contributed by atoms with Crippen LogP contribution >= 0.6 is 0 Å². The second-order valence-corrected chi connectivity index (χ2v) is 4.72. The van der Waals surface area contributed by atoms with E-state index in [4.69, 9.17) is 14.9 Å². The summed E-state index contributed by atoms with van der Waals surface area (Å²) in [6, 6.07) is 8.06. The number of rotatable bonds is 5. The van der Waals surface area contributed by atoms with Crippen molar-refractivity contribution in [2.45, 2.75) is 6.61 Å². The number of fused-ring (bicyclic) bond motifs is 1. The number of primary amides is 1. The minimum atomic E-state index is -0.631. The van der Waals surface area contributed by atoms with E-state index < -0.39 is 16.6 Å². The molecule has 0 radical (unpaired) electrons. The summed E-state index contributed by atoms with van der Waals surface area (Å²) in [5.74, 6) is -0.977. The third-order valence-corrected chi connectivity index (χ3v) is 3.23. The van der Waals surface area contributed by atoms with Crippen molar-refractivity contribution in [3.8, 4) is 5.75 Å². The van der Waals surface area contributed by atoms with Crippen molar-refractivity contribution in [1.82, 2.24) is 4.98 Å². The number of pyridine rings is 1. The molecule has 3 rings (SSSR count). The van der Waals surface area contributed by atoms with E-state index in [1.165, 1.54) is 12.5 Å². The van der Waals surface area contributed by atoms with Crippen LogP contribution in [0.1, 0.15) is 15.9 Å². The van der Waals surface area contributed by atoms with Gasteiger partial charge in [-0.05, 0) is 33.7 Å². The van der Waals surface area contributed by atoms with Gasteiger partial charge < -0.3 is 25.0 Å². The monoisotopic (exact) mass is 313 g/mol. The third kappa shape index (κ3) is 2.82. The topological polar surface area (TPSA) is 121 Å². The molecule has 2 aromatic heterocycles. The number of ether oxygens (including phenoxy) is 1. The van der Waals surface area contributed by atoms with Gasteiger partial charge in [-0.15, -0.1) is 0 Å². The maximum atomic E-state index is 11.1. The molecule has 0 aliphatic carbocycles. The van der Waals surface area contributed by atoms with Crippen LogP contribution in [-0.2, 0) is 6.61 Å². The number of nitrogens with two attached hydrogens (primary N) is 1. The molecule has 3 aromatic rings. The minimum absolute atomic E-state index is 0.0310. The highest BCUT2D eigenvalue weighted by Crippen LogP contribution is 2.34. The van der Waals surface area contributed by atoms with Crippen LogP contribution in [0.3, 0.4) is 0 Å². The fourth-order valence-corrected chi connectivity index (χ4v) is 2.08. The molecule has 0 saturated carbocycles. The SMILES string of the molecule is NC(=O)c1ccc(COc2c([N+](=O)[O-])ncc3ccoc23)cc1. The smallest absolute Gasteiger partial charge is 0.410 e. The lowest BCUT2D eigenvalue weighted by atomic mass is 10.1. The molecule has 116 valence electrons. The summed E-state index contributed by atoms with van der Waals surface area (Å²) in [5, 5.41) is 11.7. The minimum Gasteiger partial charge on any atom is -0.478 e. The molecular formula is C15H11N3O5. The maximum absolute atomic E-state index is 11.1. The molecule has 0 spiro atoms. The third-order valence-electron chi connectivity index (χ3n) is 3.23. The Bertz CT molecular complexity index is 886. The number of nitrogens with zero attached hydrogens (tertiary/aromatic N) is 2. The number of carbonyl (C=O) groups excluding carboxylic acids is 1. The summed E-state index contributed by atoms with van der Waals surface area (Å²) in [7, 11) is 0. The molecular weight excluding hydrogens is 302 g/mol. The average molecular weight is 313 g/mol. The predicted molar refractivity (Wildman–Crippen MR) is 80.0 cm³/mol. The molecule has 0 bridgehead atoms. The number of amides is 1. The Morgan fingerprint density at radius 3 is 2.70 bits per heavy atom. The molecule has 0 aliphatic rings. The molecule has 2 heterocycles. The van der Waals surface area contributed by atoms with E-state index in [0.29, 0.717) is 16.5 Å². The van der Waals surface area contributed by atoms with Gasteiger partial charge in [-0.1, -0.05) is 12.1 Å². The Morgan fingerprint density at radius 2 is 2.04 bits per heavy atom. The van der Waals surface area contributed by atoms with Crippen molar-refractivity contribution in [3.05, 3.63) is 64.0 Å². The van der Waals surface area contributed by atoms with Gasteiger partial charge in [0, 0.05) is 5.56 Å². The molecule has 0 fully saturated rings. The zero-order valence-corrected chi connectivity index (χ0v) is 11.8. The van der Waals surface area contributed by atoms with E-state index in [2.05, 4.69) is 4.98 Å². The quantitative estimate of drug-likeness (QED) is 0.570. The molecule has 0 saturated heterocycles. The summed E-state index contributed by atoms with van der Waals surface area (Å²) < 4.78 is 10.8. The van der Waals surface area contributed by atoms with Gasteiger partial charge in [0.05, 0.1) is 11.6 Å². The largest absolute Gasteiger partial charge is 0.478 e. The van der Waals surface area contributed by atoms with Crippen LogP contribution in [0.25, 0.3) is 11.0 Å². The van der Waals surface area contributed by atoms with Crippen LogP contribution in [0.2, 0.25) is 0 Å². The fourth-order valence-electron chi connectivity index (χ4n) is 2.08. The van der Waals surface area contributed by atoms with Gasteiger partial charge in [0.25, 0.3) is 5.75 Å². The Hall–Kier alpha value is -3.42. The maximum Gasteiger partial charge on any atom is 0.410 e. The van der Waals surface area contributed by atoms with Gasteiger partial charge in [0.1, 0.15) is 6.61 Å². The van der Waals surface area contributed by atoms with Gasteiger partial charge in [-0.2, -0.15) is 0 Å². The van der Waals surface area contributed by atoms with Crippen molar-refractivity contribution >= 4 is 22.7 Å². The van der Waals surface area contributed by atoms with Crippen LogP contribution in [0.4, 0.5) is 5.82 Å². The van der Waals surface area contributed by atoms with Crippen molar-refractivity contribution in [3.63, 3.8) is 0 Å². The first kappa shape index (κ1) is 14.5. The second-order valence-electron chi connectivity index (χ2n) is 4.72. The predicted octanol–water partition coefficient (Wildman–Crippen LogP) is 2.41. The zero-order valence-electron chi connectivity index (χ0n) is 11.8. The Kier molecular flexibility index (Phi) is 3.63. The van der Waals surface area contributed by atoms with Crippen LogP contribution in [-0.4, -0.2) is 15.8 Å². The molecule has 0 atom stereocenters. The average Bonchev–Trinajstić information content (AvgIpc) is 3.01. The highest BCUT2D eigenvalue weighted by atomic mass is 16.6. The van der Waals surface area contributed by atoms with Crippen molar-refractivity contribution in [2.24, 2.45) is 5.73 Å². The van der Waals surface area contributed by atoms with E-state index in [1.54, 1.807) is 30.3 Å². The number of benzene rings is 1. The number of hydrogen-bond acceptors (Lipinski definition) is 6. The molecule has 1 amide bonds. The zero-order chi connectivity index (χ0) is 16.4. The Labute approximate surface area is 129 Å². The first-order valence-corrected chi connectivity index (χ1v) is 6.58. The lowest BCUT2D eigenvalue weighted by Gasteiger charge is -2.07. The van der Waals surface area contributed by atoms with Gasteiger partial charge in [-0.25, -0.2) is 0 Å². The molecule has 2 N–H and O–H groups in total. The first-order chi connectivity index (χ1) is 11.1. The van der Waals surface area contributed by atoms with Crippen LogP contribution in [0.5, 0.6) is 5.75 Å². The molecule has 8 heteroatoms. The van der Waals surface area contributed by atoms with E-state index in [1.807, 2.05) is 0 Å². The summed E-state index contributed by atoms with van der Waals surface area (Å²) >= 11 is 0. The summed E-state index contributed by atoms with van der Waals surface area (Å²) in [5.41, 5.74) is 6.52.